The molecule has 4 heteroatoms. The Labute approximate surface area is 119 Å². The van der Waals surface area contributed by atoms with Gasteiger partial charge in [-0.15, -0.1) is 0 Å². The third-order valence-corrected chi connectivity index (χ3v) is 4.30. The van der Waals surface area contributed by atoms with E-state index in [0.717, 1.165) is 19.4 Å². The lowest BCUT2D eigenvalue weighted by Crippen LogP contribution is -2.62. The fourth-order valence-corrected chi connectivity index (χ4v) is 2.70. The van der Waals surface area contributed by atoms with Gasteiger partial charge in [0.15, 0.2) is 11.6 Å². The molecule has 1 aliphatic carbocycles. The van der Waals surface area contributed by atoms with Crippen molar-refractivity contribution in [2.45, 2.75) is 45.8 Å². The normalized spacial score (nSPS) is 24.9. The van der Waals surface area contributed by atoms with Crippen molar-refractivity contribution in [3.8, 4) is 5.75 Å². The van der Waals surface area contributed by atoms with Crippen molar-refractivity contribution in [3.63, 3.8) is 0 Å². The number of benzene rings is 1. The number of halogens is 2. The van der Waals surface area contributed by atoms with E-state index in [2.05, 4.69) is 26.1 Å². The second-order valence-corrected chi connectivity index (χ2v) is 6.13. The van der Waals surface area contributed by atoms with Crippen LogP contribution in [-0.4, -0.2) is 18.7 Å². The topological polar surface area (TPSA) is 21.3 Å². The largest absolute Gasteiger partial charge is 0.485 e. The Kier molecular flexibility index (Phi) is 4.36. The van der Waals surface area contributed by atoms with Crippen molar-refractivity contribution < 1.29 is 9.13 Å². The van der Waals surface area contributed by atoms with Crippen LogP contribution in [0.4, 0.5) is 4.39 Å². The summed E-state index contributed by atoms with van der Waals surface area (Å²) in [5.41, 5.74) is -0.0131. The standard InChI is InChI=1S/C15H21ClFNO/c1-4-8-18-12-9-13(15(12,2)3)19-14-10(16)6-5-7-11(14)17/h5-7,12-13,18H,4,8-9H2,1-3H3. The average Bonchev–Trinajstić information content (AvgIpc) is 2.35. The average molecular weight is 286 g/mol. The molecule has 0 aliphatic heterocycles. The van der Waals surface area contributed by atoms with E-state index in [0.29, 0.717) is 11.1 Å². The SMILES string of the molecule is CCCNC1CC(Oc2c(F)cccc2Cl)C1(C)C. The van der Waals surface area contributed by atoms with Crippen molar-refractivity contribution in [2.24, 2.45) is 5.41 Å². The van der Waals surface area contributed by atoms with E-state index >= 15 is 0 Å². The van der Waals surface area contributed by atoms with E-state index in [4.69, 9.17) is 16.3 Å². The Bertz CT molecular complexity index is 430. The summed E-state index contributed by atoms with van der Waals surface area (Å²) in [4.78, 5) is 0. The molecule has 1 aromatic carbocycles. The van der Waals surface area contributed by atoms with Gasteiger partial charge in [0, 0.05) is 17.9 Å². The molecule has 106 valence electrons. The number of nitrogens with one attached hydrogen (secondary N) is 1. The molecule has 19 heavy (non-hydrogen) atoms. The van der Waals surface area contributed by atoms with Crippen molar-refractivity contribution in [2.75, 3.05) is 6.54 Å². The minimum absolute atomic E-state index is 0.00347. The summed E-state index contributed by atoms with van der Waals surface area (Å²) >= 11 is 5.99. The highest BCUT2D eigenvalue weighted by atomic mass is 35.5. The van der Waals surface area contributed by atoms with Crippen LogP contribution >= 0.6 is 11.6 Å². The second kappa shape index (κ2) is 5.68. The van der Waals surface area contributed by atoms with Crippen molar-refractivity contribution >= 4 is 11.6 Å². The van der Waals surface area contributed by atoms with Crippen LogP contribution in [0, 0.1) is 11.2 Å². The van der Waals surface area contributed by atoms with Gasteiger partial charge in [-0.2, -0.15) is 0 Å². The van der Waals surface area contributed by atoms with E-state index in [1.54, 1.807) is 12.1 Å². The molecule has 0 heterocycles. The predicted molar refractivity (Wildman–Crippen MR) is 76.3 cm³/mol. The number of para-hydroxylation sites is 1. The fraction of sp³-hybridized carbons (Fsp3) is 0.600. The van der Waals surface area contributed by atoms with Gasteiger partial charge in [-0.05, 0) is 25.1 Å². The lowest BCUT2D eigenvalue weighted by atomic mass is 9.64. The van der Waals surface area contributed by atoms with Crippen molar-refractivity contribution in [1.29, 1.82) is 0 Å². The molecule has 0 radical (unpaired) electrons. The molecular weight excluding hydrogens is 265 g/mol. The van der Waals surface area contributed by atoms with E-state index in [1.807, 2.05) is 0 Å². The number of ether oxygens (including phenoxy) is 1. The van der Waals surface area contributed by atoms with Crippen molar-refractivity contribution in [3.05, 3.63) is 29.0 Å². The van der Waals surface area contributed by atoms with Crippen LogP contribution in [0.5, 0.6) is 5.75 Å². The highest BCUT2D eigenvalue weighted by molar-refractivity contribution is 6.32. The zero-order valence-corrected chi connectivity index (χ0v) is 12.4. The van der Waals surface area contributed by atoms with Gasteiger partial charge < -0.3 is 10.1 Å². The van der Waals surface area contributed by atoms with Gasteiger partial charge in [-0.3, -0.25) is 0 Å². The highest BCUT2D eigenvalue weighted by Crippen LogP contribution is 2.44. The minimum atomic E-state index is -0.395. The first-order chi connectivity index (χ1) is 8.96. The van der Waals surface area contributed by atoms with Gasteiger partial charge in [0.25, 0.3) is 0 Å². The van der Waals surface area contributed by atoms with Gasteiger partial charge in [0.2, 0.25) is 0 Å². The maximum absolute atomic E-state index is 13.7. The zero-order chi connectivity index (χ0) is 14.0. The first-order valence-corrected chi connectivity index (χ1v) is 7.18. The van der Waals surface area contributed by atoms with Crippen LogP contribution < -0.4 is 10.1 Å². The molecule has 0 amide bonds. The maximum atomic E-state index is 13.7. The van der Waals surface area contributed by atoms with Crippen LogP contribution in [0.2, 0.25) is 5.02 Å². The molecule has 1 saturated carbocycles. The van der Waals surface area contributed by atoms with E-state index in [9.17, 15) is 4.39 Å². The molecule has 1 aliphatic rings. The van der Waals surface area contributed by atoms with Crippen LogP contribution in [0.3, 0.4) is 0 Å². The van der Waals surface area contributed by atoms with Crippen molar-refractivity contribution in [1.82, 2.24) is 5.32 Å². The summed E-state index contributed by atoms with van der Waals surface area (Å²) < 4.78 is 19.5. The molecule has 1 aromatic rings. The molecule has 2 atom stereocenters. The summed E-state index contributed by atoms with van der Waals surface area (Å²) in [5, 5.41) is 3.83. The number of rotatable bonds is 5. The molecular formula is C15H21ClFNO. The summed E-state index contributed by atoms with van der Waals surface area (Å²) in [6.07, 6.45) is 1.99. The molecule has 0 bridgehead atoms. The van der Waals surface area contributed by atoms with Gasteiger partial charge in [0.05, 0.1) is 5.02 Å². The highest BCUT2D eigenvalue weighted by Gasteiger charge is 2.49. The van der Waals surface area contributed by atoms with Gasteiger partial charge in [-0.1, -0.05) is 38.4 Å². The van der Waals surface area contributed by atoms with Gasteiger partial charge >= 0.3 is 0 Å². The fourth-order valence-electron chi connectivity index (χ4n) is 2.49. The monoisotopic (exact) mass is 285 g/mol. The minimum Gasteiger partial charge on any atom is -0.485 e. The smallest absolute Gasteiger partial charge is 0.173 e. The number of hydrogen-bond acceptors (Lipinski definition) is 2. The maximum Gasteiger partial charge on any atom is 0.173 e. The Morgan fingerprint density at radius 2 is 2.21 bits per heavy atom. The Hall–Kier alpha value is -0.800. The Balaban J connectivity index is 2.02. The third-order valence-electron chi connectivity index (χ3n) is 4.00. The second-order valence-electron chi connectivity index (χ2n) is 5.72. The lowest BCUT2D eigenvalue weighted by molar-refractivity contribution is -0.0562. The number of hydrogen-bond donors (Lipinski definition) is 1. The van der Waals surface area contributed by atoms with E-state index in [1.165, 1.54) is 6.07 Å². The van der Waals surface area contributed by atoms with Crippen LogP contribution in [-0.2, 0) is 0 Å². The Morgan fingerprint density at radius 1 is 1.47 bits per heavy atom. The molecule has 2 nitrogen and oxygen atoms in total. The lowest BCUT2D eigenvalue weighted by Gasteiger charge is -2.51. The quantitative estimate of drug-likeness (QED) is 0.882. The van der Waals surface area contributed by atoms with Gasteiger partial charge in [0.1, 0.15) is 6.10 Å². The van der Waals surface area contributed by atoms with Crippen LogP contribution in [0.15, 0.2) is 18.2 Å². The molecule has 2 unspecified atom stereocenters. The molecule has 0 spiro atoms. The van der Waals surface area contributed by atoms with Gasteiger partial charge in [-0.25, -0.2) is 4.39 Å². The van der Waals surface area contributed by atoms with E-state index < -0.39 is 5.82 Å². The summed E-state index contributed by atoms with van der Waals surface area (Å²) in [5.74, 6) is -0.218. The first kappa shape index (κ1) is 14.6. The molecule has 0 saturated heterocycles. The molecule has 1 N–H and O–H groups in total. The molecule has 2 rings (SSSR count). The predicted octanol–water partition coefficient (Wildman–Crippen LogP) is 4.02. The van der Waals surface area contributed by atoms with Crippen LogP contribution in [0.25, 0.3) is 0 Å². The first-order valence-electron chi connectivity index (χ1n) is 6.80. The zero-order valence-electron chi connectivity index (χ0n) is 11.7. The molecule has 0 aromatic heterocycles. The Morgan fingerprint density at radius 3 is 2.79 bits per heavy atom. The summed E-state index contributed by atoms with van der Waals surface area (Å²) in [7, 11) is 0. The third kappa shape index (κ3) is 2.87. The van der Waals surface area contributed by atoms with E-state index in [-0.39, 0.29) is 17.3 Å². The summed E-state index contributed by atoms with van der Waals surface area (Å²) in [6.45, 7) is 7.43. The molecule has 1 fully saturated rings. The van der Waals surface area contributed by atoms with Crippen LogP contribution in [0.1, 0.15) is 33.6 Å². The summed E-state index contributed by atoms with van der Waals surface area (Å²) in [6, 6.07) is 5.03.